The molecule has 4 nitrogen and oxygen atoms in total. The Morgan fingerprint density at radius 2 is 2.19 bits per heavy atom. The van der Waals surface area contributed by atoms with Crippen LogP contribution in [-0.4, -0.2) is 30.9 Å². The number of thioether (sulfide) groups is 1. The highest BCUT2D eigenvalue weighted by molar-refractivity contribution is 7.99. The second-order valence-electron chi connectivity index (χ2n) is 3.01. The average molecular weight is 239 g/mol. The number of hydrogen-bond donors (Lipinski definition) is 1. The molecule has 16 heavy (non-hydrogen) atoms. The standard InChI is InChI=1S/C11H13NO3S/c1-12-11(14)8-4-3-5-9(6-8)15-10(13)7-16-2/h3-6H,7H2,1-2H3,(H,12,14). The number of hydrogen-bond acceptors (Lipinski definition) is 4. The molecule has 0 spiro atoms. The minimum Gasteiger partial charge on any atom is -0.426 e. The zero-order valence-corrected chi connectivity index (χ0v) is 9.97. The predicted molar refractivity (Wildman–Crippen MR) is 63.8 cm³/mol. The van der Waals surface area contributed by atoms with Gasteiger partial charge in [0.1, 0.15) is 5.75 Å². The summed E-state index contributed by atoms with van der Waals surface area (Å²) in [5.74, 6) is 0.161. The molecule has 1 aromatic rings. The van der Waals surface area contributed by atoms with Crippen LogP contribution in [0.5, 0.6) is 5.75 Å². The molecule has 0 unspecified atom stereocenters. The van der Waals surface area contributed by atoms with Crippen LogP contribution in [0.2, 0.25) is 0 Å². The van der Waals surface area contributed by atoms with E-state index in [2.05, 4.69) is 5.32 Å². The van der Waals surface area contributed by atoms with Crippen LogP contribution in [0.25, 0.3) is 0 Å². The summed E-state index contributed by atoms with van der Waals surface area (Å²) in [4.78, 5) is 22.5. The van der Waals surface area contributed by atoms with E-state index >= 15 is 0 Å². The molecule has 1 N–H and O–H groups in total. The SMILES string of the molecule is CNC(=O)c1cccc(OC(=O)CSC)c1. The van der Waals surface area contributed by atoms with E-state index in [0.29, 0.717) is 17.1 Å². The van der Waals surface area contributed by atoms with Crippen molar-refractivity contribution in [1.82, 2.24) is 5.32 Å². The Kier molecular flexibility index (Phi) is 4.85. The largest absolute Gasteiger partial charge is 0.426 e. The molecule has 86 valence electrons. The van der Waals surface area contributed by atoms with E-state index in [-0.39, 0.29) is 11.9 Å². The summed E-state index contributed by atoms with van der Waals surface area (Å²) in [6, 6.07) is 6.51. The van der Waals surface area contributed by atoms with Crippen molar-refractivity contribution in [2.24, 2.45) is 0 Å². The number of benzene rings is 1. The van der Waals surface area contributed by atoms with Crippen LogP contribution >= 0.6 is 11.8 Å². The highest BCUT2D eigenvalue weighted by atomic mass is 32.2. The first-order valence-corrected chi connectivity index (χ1v) is 6.08. The number of ether oxygens (including phenoxy) is 1. The van der Waals surface area contributed by atoms with Gasteiger partial charge in [0.25, 0.3) is 5.91 Å². The van der Waals surface area contributed by atoms with E-state index in [0.717, 1.165) is 0 Å². The van der Waals surface area contributed by atoms with Crippen LogP contribution in [0.15, 0.2) is 24.3 Å². The molecule has 0 saturated heterocycles. The topological polar surface area (TPSA) is 55.4 Å². The van der Waals surface area contributed by atoms with Gasteiger partial charge in [0.05, 0.1) is 5.75 Å². The fraction of sp³-hybridized carbons (Fsp3) is 0.273. The van der Waals surface area contributed by atoms with Crippen LogP contribution in [0.3, 0.4) is 0 Å². The Morgan fingerprint density at radius 1 is 1.44 bits per heavy atom. The molecule has 0 aliphatic heterocycles. The van der Waals surface area contributed by atoms with Crippen LogP contribution < -0.4 is 10.1 Å². The Bertz CT molecular complexity index is 393. The van der Waals surface area contributed by atoms with E-state index < -0.39 is 0 Å². The highest BCUT2D eigenvalue weighted by Crippen LogP contribution is 2.14. The summed E-state index contributed by atoms with van der Waals surface area (Å²) in [7, 11) is 1.55. The van der Waals surface area contributed by atoms with Gasteiger partial charge < -0.3 is 10.1 Å². The maximum atomic E-state index is 11.3. The molecule has 0 aliphatic rings. The van der Waals surface area contributed by atoms with Gasteiger partial charge in [-0.1, -0.05) is 6.07 Å². The maximum absolute atomic E-state index is 11.3. The molecular formula is C11H13NO3S. The van der Waals surface area contributed by atoms with Crippen molar-refractivity contribution >= 4 is 23.6 Å². The van der Waals surface area contributed by atoms with Crippen molar-refractivity contribution in [3.8, 4) is 5.75 Å². The van der Waals surface area contributed by atoms with Crippen molar-refractivity contribution in [2.75, 3.05) is 19.1 Å². The van der Waals surface area contributed by atoms with Crippen molar-refractivity contribution in [1.29, 1.82) is 0 Å². The third-order valence-electron chi connectivity index (χ3n) is 1.82. The second-order valence-corrected chi connectivity index (χ2v) is 3.88. The van der Waals surface area contributed by atoms with E-state index in [1.54, 1.807) is 25.2 Å². The highest BCUT2D eigenvalue weighted by Gasteiger charge is 2.07. The molecule has 1 aromatic carbocycles. The number of rotatable bonds is 4. The fourth-order valence-electron chi connectivity index (χ4n) is 1.12. The summed E-state index contributed by atoms with van der Waals surface area (Å²) in [6.07, 6.45) is 1.82. The van der Waals surface area contributed by atoms with Gasteiger partial charge in [0, 0.05) is 12.6 Å². The lowest BCUT2D eigenvalue weighted by atomic mass is 10.2. The molecule has 1 amide bonds. The molecule has 1 rings (SSSR count). The normalized spacial score (nSPS) is 9.62. The second kappa shape index (κ2) is 6.17. The van der Waals surface area contributed by atoms with Gasteiger partial charge in [-0.25, -0.2) is 0 Å². The lowest BCUT2D eigenvalue weighted by Crippen LogP contribution is -2.18. The average Bonchev–Trinajstić information content (AvgIpc) is 2.28. The quantitative estimate of drug-likeness (QED) is 0.636. The summed E-state index contributed by atoms with van der Waals surface area (Å²) in [5.41, 5.74) is 0.469. The van der Waals surface area contributed by atoms with Crippen molar-refractivity contribution in [2.45, 2.75) is 0 Å². The molecular weight excluding hydrogens is 226 g/mol. The molecule has 0 bridgehead atoms. The third-order valence-corrected chi connectivity index (χ3v) is 2.34. The summed E-state index contributed by atoms with van der Waals surface area (Å²) in [6.45, 7) is 0. The van der Waals surface area contributed by atoms with Gasteiger partial charge in [-0.15, -0.1) is 0 Å². The van der Waals surface area contributed by atoms with E-state index in [9.17, 15) is 9.59 Å². The molecule has 5 heteroatoms. The molecule has 0 saturated carbocycles. The molecule has 0 aromatic heterocycles. The van der Waals surface area contributed by atoms with Gasteiger partial charge >= 0.3 is 5.97 Å². The third kappa shape index (κ3) is 3.58. The first-order valence-electron chi connectivity index (χ1n) is 4.69. The zero-order valence-electron chi connectivity index (χ0n) is 9.15. The molecule has 0 aliphatic carbocycles. The van der Waals surface area contributed by atoms with Crippen LogP contribution in [0.4, 0.5) is 0 Å². The van der Waals surface area contributed by atoms with Crippen LogP contribution in [-0.2, 0) is 4.79 Å². The number of carbonyl (C=O) groups excluding carboxylic acids is 2. The van der Waals surface area contributed by atoms with Crippen molar-refractivity contribution in [3.05, 3.63) is 29.8 Å². The van der Waals surface area contributed by atoms with Crippen molar-refractivity contribution in [3.63, 3.8) is 0 Å². The van der Waals surface area contributed by atoms with Crippen molar-refractivity contribution < 1.29 is 14.3 Å². The van der Waals surface area contributed by atoms with Crippen LogP contribution in [0, 0.1) is 0 Å². The van der Waals surface area contributed by atoms with Gasteiger partial charge in [0.2, 0.25) is 0 Å². The lowest BCUT2D eigenvalue weighted by molar-refractivity contribution is -0.131. The summed E-state index contributed by atoms with van der Waals surface area (Å²) < 4.78 is 5.05. The molecule has 0 radical (unpaired) electrons. The first kappa shape index (κ1) is 12.6. The minimum absolute atomic E-state index is 0.206. The Hall–Kier alpha value is -1.49. The van der Waals surface area contributed by atoms with Gasteiger partial charge in [-0.05, 0) is 24.5 Å². The molecule has 0 heterocycles. The van der Waals surface area contributed by atoms with Gasteiger partial charge in [-0.2, -0.15) is 11.8 Å². The Balaban J connectivity index is 2.74. The number of carbonyl (C=O) groups is 2. The predicted octanol–water partition coefficient (Wildman–Crippen LogP) is 1.31. The van der Waals surface area contributed by atoms with Gasteiger partial charge in [-0.3, -0.25) is 9.59 Å². The van der Waals surface area contributed by atoms with E-state index in [4.69, 9.17) is 4.74 Å². The summed E-state index contributed by atoms with van der Waals surface area (Å²) >= 11 is 1.39. The minimum atomic E-state index is -0.318. The number of amides is 1. The summed E-state index contributed by atoms with van der Waals surface area (Å²) in [5, 5.41) is 2.50. The van der Waals surface area contributed by atoms with E-state index in [1.165, 1.54) is 17.8 Å². The smallest absolute Gasteiger partial charge is 0.321 e. The Labute approximate surface area is 98.4 Å². The fourth-order valence-corrected chi connectivity index (χ4v) is 1.42. The monoisotopic (exact) mass is 239 g/mol. The lowest BCUT2D eigenvalue weighted by Gasteiger charge is -2.05. The Morgan fingerprint density at radius 3 is 2.81 bits per heavy atom. The number of esters is 1. The maximum Gasteiger partial charge on any atom is 0.321 e. The van der Waals surface area contributed by atoms with E-state index in [1.807, 2.05) is 6.26 Å². The number of nitrogens with one attached hydrogen (secondary N) is 1. The zero-order chi connectivity index (χ0) is 12.0. The van der Waals surface area contributed by atoms with Gasteiger partial charge in [0.15, 0.2) is 0 Å². The molecule has 0 fully saturated rings. The molecule has 0 atom stereocenters. The first-order chi connectivity index (χ1) is 7.67. The van der Waals surface area contributed by atoms with Crippen LogP contribution in [0.1, 0.15) is 10.4 Å².